The summed E-state index contributed by atoms with van der Waals surface area (Å²) in [4.78, 5) is 25.4. The summed E-state index contributed by atoms with van der Waals surface area (Å²) in [7, 11) is 0. The smallest absolute Gasteiger partial charge is 0.455 e. The number of nitrogens with one attached hydrogen (secondary N) is 1. The Labute approximate surface area is 194 Å². The number of carbonyl (C=O) groups excluding carboxylic acids is 1. The van der Waals surface area contributed by atoms with Crippen LogP contribution in [0.4, 0.5) is 45.2 Å². The Morgan fingerprint density at radius 2 is 1.75 bits per heavy atom. The van der Waals surface area contributed by atoms with Gasteiger partial charge in [-0.05, 0) is 24.3 Å². The minimum absolute atomic E-state index is 0.231. The van der Waals surface area contributed by atoms with Crippen LogP contribution in [0.25, 0.3) is 5.69 Å². The summed E-state index contributed by atoms with van der Waals surface area (Å²) < 4.78 is 120. The van der Waals surface area contributed by atoms with Gasteiger partial charge in [0, 0.05) is 18.5 Å². The lowest BCUT2D eigenvalue weighted by Crippen LogP contribution is -2.40. The molecular weight excluding hydrogens is 515 g/mol. The molecule has 0 spiro atoms. The molecule has 1 aromatic carbocycles. The summed E-state index contributed by atoms with van der Waals surface area (Å²) in [5.41, 5.74) is -2.35. The number of anilines is 1. The molecule has 0 radical (unpaired) electrons. The second kappa shape index (κ2) is 9.58. The topological polar surface area (TPSA) is 78.2 Å². The molecule has 2 heterocycles. The number of alkyl halides is 8. The van der Waals surface area contributed by atoms with Gasteiger partial charge >= 0.3 is 18.3 Å². The van der Waals surface area contributed by atoms with Gasteiger partial charge in [0.1, 0.15) is 23.7 Å². The number of halogens is 9. The summed E-state index contributed by atoms with van der Waals surface area (Å²) in [6.07, 6.45) is -8.12. The van der Waals surface area contributed by atoms with Gasteiger partial charge in [-0.1, -0.05) is 0 Å². The van der Waals surface area contributed by atoms with Crippen LogP contribution < -0.4 is 15.6 Å². The molecule has 0 fully saturated rings. The third kappa shape index (κ3) is 6.17. The molecule has 16 heteroatoms. The number of pyridine rings is 1. The fourth-order valence-electron chi connectivity index (χ4n) is 2.82. The van der Waals surface area contributed by atoms with Crippen LogP contribution in [0.1, 0.15) is 10.4 Å². The maximum Gasteiger partial charge on any atom is 0.455 e. The lowest BCUT2D eigenvalue weighted by Gasteiger charge is -2.19. The Hall–Kier alpha value is -3.98. The number of ether oxygens (including phenoxy) is 1. The lowest BCUT2D eigenvalue weighted by atomic mass is 10.2. The normalized spacial score (nSPS) is 12.5. The van der Waals surface area contributed by atoms with Crippen molar-refractivity contribution in [3.05, 3.63) is 70.7 Å². The highest BCUT2D eigenvalue weighted by molar-refractivity contribution is 6.03. The first kappa shape index (κ1) is 26.6. The molecule has 3 aromatic rings. The molecule has 7 nitrogen and oxygen atoms in total. The van der Waals surface area contributed by atoms with Crippen LogP contribution in [0.3, 0.4) is 0 Å². The highest BCUT2D eigenvalue weighted by atomic mass is 19.4. The minimum atomic E-state index is -5.83. The van der Waals surface area contributed by atoms with Crippen LogP contribution in [0.2, 0.25) is 0 Å². The predicted octanol–water partition coefficient (Wildman–Crippen LogP) is 4.56. The van der Waals surface area contributed by atoms with E-state index in [4.69, 9.17) is 0 Å². The molecule has 0 unspecified atom stereocenters. The fraction of sp³-hybridized carbons (Fsp3) is 0.250. The van der Waals surface area contributed by atoms with E-state index < -0.39 is 60.0 Å². The van der Waals surface area contributed by atoms with Gasteiger partial charge in [0.05, 0.1) is 17.6 Å². The zero-order valence-corrected chi connectivity index (χ0v) is 17.5. The van der Waals surface area contributed by atoms with E-state index in [1.807, 2.05) is 0 Å². The number of rotatable bonds is 7. The largest absolute Gasteiger partial charge is 0.482 e. The van der Waals surface area contributed by atoms with Gasteiger partial charge in [-0.25, -0.2) is 4.39 Å². The summed E-state index contributed by atoms with van der Waals surface area (Å²) in [5.74, 6) is -7.87. The Kier molecular flexibility index (Phi) is 7.08. The molecule has 0 aliphatic rings. The zero-order chi connectivity index (χ0) is 26.9. The van der Waals surface area contributed by atoms with E-state index in [0.717, 1.165) is 36.7 Å². The van der Waals surface area contributed by atoms with Gasteiger partial charge in [-0.3, -0.25) is 18.8 Å². The first-order chi connectivity index (χ1) is 16.6. The molecule has 0 saturated carbocycles. The van der Waals surface area contributed by atoms with Crippen LogP contribution in [0, 0.1) is 5.82 Å². The average molecular weight is 528 g/mol. The molecule has 1 N–H and O–H groups in total. The van der Waals surface area contributed by atoms with Crippen LogP contribution >= 0.6 is 0 Å². The van der Waals surface area contributed by atoms with Gasteiger partial charge in [0.2, 0.25) is 0 Å². The maximum atomic E-state index is 13.6. The lowest BCUT2D eigenvalue weighted by molar-refractivity contribution is -0.287. The highest BCUT2D eigenvalue weighted by Gasteiger charge is 2.57. The van der Waals surface area contributed by atoms with Gasteiger partial charge in [-0.2, -0.15) is 40.2 Å². The van der Waals surface area contributed by atoms with Crippen molar-refractivity contribution in [2.24, 2.45) is 0 Å². The van der Waals surface area contributed by atoms with E-state index in [0.29, 0.717) is 16.8 Å². The maximum absolute atomic E-state index is 13.6. The zero-order valence-electron chi connectivity index (χ0n) is 17.5. The van der Waals surface area contributed by atoms with E-state index >= 15 is 0 Å². The molecule has 0 saturated heterocycles. The van der Waals surface area contributed by atoms with E-state index in [9.17, 15) is 49.1 Å². The third-order valence-corrected chi connectivity index (χ3v) is 4.43. The molecule has 0 aliphatic carbocycles. The number of carbonyl (C=O) groups is 1. The molecule has 36 heavy (non-hydrogen) atoms. The van der Waals surface area contributed by atoms with Crippen LogP contribution in [-0.4, -0.2) is 45.1 Å². The number of nitrogens with zero attached hydrogens (tertiary/aromatic N) is 3. The quantitative estimate of drug-likeness (QED) is 0.456. The summed E-state index contributed by atoms with van der Waals surface area (Å²) in [6.45, 7) is -3.66. The monoisotopic (exact) mass is 528 g/mol. The number of aromatic nitrogens is 3. The van der Waals surface area contributed by atoms with E-state index in [2.05, 4.69) is 15.2 Å². The van der Waals surface area contributed by atoms with Crippen molar-refractivity contribution in [2.75, 3.05) is 11.9 Å². The Balaban J connectivity index is 1.85. The molecule has 0 atom stereocenters. The number of amides is 1. The second-order valence-electron chi connectivity index (χ2n) is 7.20. The first-order valence-corrected chi connectivity index (χ1v) is 9.57. The predicted molar refractivity (Wildman–Crippen MR) is 105 cm³/mol. The summed E-state index contributed by atoms with van der Waals surface area (Å²) in [5, 5.41) is 5.39. The van der Waals surface area contributed by atoms with E-state index in [1.165, 1.54) is 0 Å². The van der Waals surface area contributed by atoms with Crippen molar-refractivity contribution in [2.45, 2.75) is 24.8 Å². The van der Waals surface area contributed by atoms with Gasteiger partial charge < -0.3 is 10.1 Å². The van der Waals surface area contributed by atoms with Crippen LogP contribution in [-0.2, 0) is 6.54 Å². The summed E-state index contributed by atoms with van der Waals surface area (Å²) >= 11 is 0. The Morgan fingerprint density at radius 1 is 1.06 bits per heavy atom. The molecular formula is C20H13F9N4O3. The standard InChI is InChI=1S/C20H13F9N4O3/c21-11-3-4-14(15(6-11)36-10-19(24,25)26)33-5-1-2-13(17(33)35)16(34)31-12-7-30-32(8-12)9-18(22,23)20(27,28)29/h1-8H,9-10H2,(H,31,34). The minimum Gasteiger partial charge on any atom is -0.482 e. The number of hydrogen-bond donors (Lipinski definition) is 1. The summed E-state index contributed by atoms with van der Waals surface area (Å²) in [6, 6.07) is 4.54. The van der Waals surface area contributed by atoms with Crippen molar-refractivity contribution >= 4 is 11.6 Å². The fourth-order valence-corrected chi connectivity index (χ4v) is 2.82. The molecule has 3 rings (SSSR count). The number of hydrogen-bond acceptors (Lipinski definition) is 4. The Morgan fingerprint density at radius 3 is 2.39 bits per heavy atom. The van der Waals surface area contributed by atoms with Gasteiger partial charge in [0.15, 0.2) is 6.61 Å². The molecule has 194 valence electrons. The van der Waals surface area contributed by atoms with Crippen molar-refractivity contribution < 1.29 is 49.0 Å². The van der Waals surface area contributed by atoms with Crippen molar-refractivity contribution in [1.29, 1.82) is 0 Å². The van der Waals surface area contributed by atoms with Gasteiger partial charge in [0.25, 0.3) is 11.5 Å². The van der Waals surface area contributed by atoms with Crippen molar-refractivity contribution in [3.8, 4) is 11.4 Å². The SMILES string of the molecule is O=C(Nc1cnn(CC(F)(F)C(F)(F)F)c1)c1cccn(-c2ccc(F)cc2OCC(F)(F)F)c1=O. The van der Waals surface area contributed by atoms with Crippen LogP contribution in [0.5, 0.6) is 5.75 Å². The average Bonchev–Trinajstić information content (AvgIpc) is 3.17. The van der Waals surface area contributed by atoms with Gasteiger partial charge in [-0.15, -0.1) is 0 Å². The number of benzene rings is 1. The molecule has 0 aliphatic heterocycles. The molecule has 2 aromatic heterocycles. The van der Waals surface area contributed by atoms with E-state index in [1.54, 1.807) is 0 Å². The van der Waals surface area contributed by atoms with Crippen LogP contribution in [0.15, 0.2) is 53.7 Å². The second-order valence-corrected chi connectivity index (χ2v) is 7.20. The highest BCUT2D eigenvalue weighted by Crippen LogP contribution is 2.36. The van der Waals surface area contributed by atoms with Crippen molar-refractivity contribution in [1.82, 2.24) is 14.3 Å². The Bertz CT molecular complexity index is 1310. The molecule has 1 amide bonds. The third-order valence-electron chi connectivity index (χ3n) is 4.43. The first-order valence-electron chi connectivity index (χ1n) is 9.57. The van der Waals surface area contributed by atoms with E-state index in [-0.39, 0.29) is 16.1 Å². The van der Waals surface area contributed by atoms with Crippen molar-refractivity contribution in [3.63, 3.8) is 0 Å². The molecule has 0 bridgehead atoms.